The zero-order valence-corrected chi connectivity index (χ0v) is 16.8. The maximum Gasteiger partial charge on any atom is 0.262 e. The van der Waals surface area contributed by atoms with Crippen LogP contribution in [0.3, 0.4) is 0 Å². The van der Waals surface area contributed by atoms with Gasteiger partial charge in [-0.3, -0.25) is 14.2 Å². The van der Waals surface area contributed by atoms with Gasteiger partial charge in [0.2, 0.25) is 15.9 Å². The van der Waals surface area contributed by atoms with E-state index < -0.39 is 10.0 Å². The van der Waals surface area contributed by atoms with Gasteiger partial charge in [-0.2, -0.15) is 0 Å². The fourth-order valence-corrected chi connectivity index (χ4v) is 4.14. The van der Waals surface area contributed by atoms with Crippen LogP contribution in [0, 0.1) is 0 Å². The molecule has 0 unspecified atom stereocenters. The SMILES string of the molecule is CCc1cc2c(=O)n(CC(=O)NCCc3ccc(S(N)(=O)=O)cc3)cnc2s1. The minimum atomic E-state index is -3.72. The number of nitrogens with two attached hydrogens (primary N) is 1. The molecule has 1 amide bonds. The zero-order chi connectivity index (χ0) is 20.3. The molecule has 148 valence electrons. The number of rotatable bonds is 7. The van der Waals surface area contributed by atoms with Crippen LogP contribution >= 0.6 is 11.3 Å². The first-order valence-electron chi connectivity index (χ1n) is 8.64. The predicted octanol–water partition coefficient (Wildman–Crippen LogP) is 1.03. The predicted molar refractivity (Wildman–Crippen MR) is 108 cm³/mol. The molecule has 3 aromatic rings. The minimum Gasteiger partial charge on any atom is -0.354 e. The molecule has 0 atom stereocenters. The highest BCUT2D eigenvalue weighted by Gasteiger charge is 2.11. The first-order valence-corrected chi connectivity index (χ1v) is 11.0. The van der Waals surface area contributed by atoms with Gasteiger partial charge in [-0.15, -0.1) is 11.3 Å². The van der Waals surface area contributed by atoms with Gasteiger partial charge in [0.25, 0.3) is 5.56 Å². The summed E-state index contributed by atoms with van der Waals surface area (Å²) in [5, 5.41) is 8.34. The summed E-state index contributed by atoms with van der Waals surface area (Å²) in [5.74, 6) is -0.296. The Hall–Kier alpha value is -2.56. The Bertz CT molecular complexity index is 1160. The summed E-state index contributed by atoms with van der Waals surface area (Å²) in [5.41, 5.74) is 0.632. The fraction of sp³-hybridized carbons (Fsp3) is 0.278. The Labute approximate surface area is 166 Å². The lowest BCUT2D eigenvalue weighted by Crippen LogP contribution is -2.33. The van der Waals surface area contributed by atoms with E-state index in [9.17, 15) is 18.0 Å². The van der Waals surface area contributed by atoms with E-state index in [1.807, 2.05) is 13.0 Å². The lowest BCUT2D eigenvalue weighted by Gasteiger charge is -2.07. The minimum absolute atomic E-state index is 0.0437. The lowest BCUT2D eigenvalue weighted by atomic mass is 10.1. The van der Waals surface area contributed by atoms with Gasteiger partial charge in [0, 0.05) is 11.4 Å². The summed E-state index contributed by atoms with van der Waals surface area (Å²) >= 11 is 1.48. The summed E-state index contributed by atoms with van der Waals surface area (Å²) in [7, 11) is -3.72. The maximum atomic E-state index is 12.5. The van der Waals surface area contributed by atoms with Crippen molar-refractivity contribution < 1.29 is 13.2 Å². The van der Waals surface area contributed by atoms with Crippen LogP contribution in [0.5, 0.6) is 0 Å². The Balaban J connectivity index is 1.58. The number of primary sulfonamides is 1. The van der Waals surface area contributed by atoms with Gasteiger partial charge >= 0.3 is 0 Å². The molecule has 3 rings (SSSR count). The molecule has 0 aliphatic heterocycles. The molecule has 0 aliphatic rings. The van der Waals surface area contributed by atoms with Crippen molar-refractivity contribution in [3.63, 3.8) is 0 Å². The van der Waals surface area contributed by atoms with Gasteiger partial charge in [-0.25, -0.2) is 18.5 Å². The number of carbonyl (C=O) groups is 1. The molecular formula is C18H20N4O4S2. The molecule has 0 fully saturated rings. The normalized spacial score (nSPS) is 11.6. The molecule has 28 heavy (non-hydrogen) atoms. The van der Waals surface area contributed by atoms with Gasteiger partial charge in [0.05, 0.1) is 16.6 Å². The van der Waals surface area contributed by atoms with Crippen LogP contribution in [-0.4, -0.2) is 30.4 Å². The molecule has 8 nitrogen and oxygen atoms in total. The quantitative estimate of drug-likeness (QED) is 0.591. The molecule has 0 radical (unpaired) electrons. The maximum absolute atomic E-state index is 12.5. The molecule has 10 heteroatoms. The number of aryl methyl sites for hydroxylation is 1. The molecular weight excluding hydrogens is 400 g/mol. The number of sulfonamides is 1. The van der Waals surface area contributed by atoms with Crippen LogP contribution in [0.1, 0.15) is 17.4 Å². The molecule has 0 bridgehead atoms. The number of nitrogens with zero attached hydrogens (tertiary/aromatic N) is 2. The zero-order valence-electron chi connectivity index (χ0n) is 15.2. The van der Waals surface area contributed by atoms with Gasteiger partial charge in [-0.05, 0) is 36.6 Å². The van der Waals surface area contributed by atoms with Crippen molar-refractivity contribution in [2.75, 3.05) is 6.54 Å². The Kier molecular flexibility index (Phi) is 5.92. The molecule has 0 spiro atoms. The van der Waals surface area contributed by atoms with E-state index in [1.54, 1.807) is 12.1 Å². The van der Waals surface area contributed by atoms with Crippen LogP contribution in [-0.2, 0) is 34.2 Å². The molecule has 1 aromatic carbocycles. The lowest BCUT2D eigenvalue weighted by molar-refractivity contribution is -0.121. The number of amides is 1. The van der Waals surface area contributed by atoms with E-state index in [1.165, 1.54) is 34.4 Å². The van der Waals surface area contributed by atoms with Crippen molar-refractivity contribution in [2.45, 2.75) is 31.2 Å². The fourth-order valence-electron chi connectivity index (χ4n) is 2.70. The van der Waals surface area contributed by atoms with E-state index in [0.717, 1.165) is 16.9 Å². The van der Waals surface area contributed by atoms with E-state index in [2.05, 4.69) is 10.3 Å². The number of fused-ring (bicyclic) bond motifs is 1. The molecule has 2 heterocycles. The third-order valence-electron chi connectivity index (χ3n) is 4.22. The molecule has 0 saturated carbocycles. The second-order valence-corrected chi connectivity index (χ2v) is 8.93. The highest BCUT2D eigenvalue weighted by atomic mass is 32.2. The van der Waals surface area contributed by atoms with Crippen molar-refractivity contribution in [1.82, 2.24) is 14.9 Å². The van der Waals surface area contributed by atoms with Crippen LogP contribution in [0.15, 0.2) is 46.3 Å². The summed E-state index contributed by atoms with van der Waals surface area (Å²) in [6.07, 6.45) is 2.75. The van der Waals surface area contributed by atoms with Crippen molar-refractivity contribution in [2.24, 2.45) is 5.14 Å². The number of carbonyl (C=O) groups excluding carboxylic acids is 1. The largest absolute Gasteiger partial charge is 0.354 e. The number of nitrogens with one attached hydrogen (secondary N) is 1. The summed E-state index contributed by atoms with van der Waals surface area (Å²) in [4.78, 5) is 30.7. The van der Waals surface area contributed by atoms with Crippen LogP contribution in [0.4, 0.5) is 0 Å². The molecule has 0 saturated heterocycles. The standard InChI is InChI=1S/C18H20N4O4S2/c1-2-13-9-15-17(27-13)21-11-22(18(15)24)10-16(23)20-8-7-12-3-5-14(6-4-12)28(19,25)26/h3-6,9,11H,2,7-8,10H2,1H3,(H,20,23)(H2,19,25,26). The Morgan fingerprint density at radius 2 is 2.00 bits per heavy atom. The highest BCUT2D eigenvalue weighted by molar-refractivity contribution is 7.89. The van der Waals surface area contributed by atoms with Crippen molar-refractivity contribution in [1.29, 1.82) is 0 Å². The summed E-state index contributed by atoms with van der Waals surface area (Å²) in [6.45, 7) is 2.26. The first-order chi connectivity index (χ1) is 13.3. The summed E-state index contributed by atoms with van der Waals surface area (Å²) < 4.78 is 23.8. The molecule has 3 N–H and O–H groups in total. The van der Waals surface area contributed by atoms with E-state index in [4.69, 9.17) is 5.14 Å². The number of benzene rings is 1. The van der Waals surface area contributed by atoms with Crippen molar-refractivity contribution in [3.05, 3.63) is 57.5 Å². The second kappa shape index (κ2) is 8.21. The van der Waals surface area contributed by atoms with Gasteiger partial charge in [-0.1, -0.05) is 19.1 Å². The molecule has 2 aromatic heterocycles. The number of hydrogen-bond acceptors (Lipinski definition) is 6. The van der Waals surface area contributed by atoms with Gasteiger partial charge in [0.1, 0.15) is 11.4 Å². The van der Waals surface area contributed by atoms with Crippen LogP contribution in [0.25, 0.3) is 10.2 Å². The van der Waals surface area contributed by atoms with Crippen LogP contribution in [0.2, 0.25) is 0 Å². The average Bonchev–Trinajstić information content (AvgIpc) is 3.08. The van der Waals surface area contributed by atoms with E-state index in [0.29, 0.717) is 23.2 Å². The van der Waals surface area contributed by atoms with Gasteiger partial charge in [0.15, 0.2) is 0 Å². The monoisotopic (exact) mass is 420 g/mol. The third-order valence-corrected chi connectivity index (χ3v) is 6.34. The topological polar surface area (TPSA) is 124 Å². The number of thiophene rings is 1. The van der Waals surface area contributed by atoms with Crippen molar-refractivity contribution in [3.8, 4) is 0 Å². The van der Waals surface area contributed by atoms with E-state index in [-0.39, 0.29) is 22.9 Å². The van der Waals surface area contributed by atoms with Crippen molar-refractivity contribution >= 4 is 37.5 Å². The first kappa shape index (κ1) is 20.2. The Morgan fingerprint density at radius 3 is 2.64 bits per heavy atom. The molecule has 0 aliphatic carbocycles. The Morgan fingerprint density at radius 1 is 1.29 bits per heavy atom. The second-order valence-electron chi connectivity index (χ2n) is 6.25. The smallest absolute Gasteiger partial charge is 0.262 e. The average molecular weight is 421 g/mol. The third kappa shape index (κ3) is 4.64. The number of hydrogen-bond donors (Lipinski definition) is 2. The number of aromatic nitrogens is 2. The van der Waals surface area contributed by atoms with E-state index >= 15 is 0 Å². The highest BCUT2D eigenvalue weighted by Crippen LogP contribution is 2.20. The van der Waals surface area contributed by atoms with Gasteiger partial charge < -0.3 is 5.32 Å². The summed E-state index contributed by atoms with van der Waals surface area (Å²) in [6, 6.07) is 7.98. The van der Waals surface area contributed by atoms with Crippen LogP contribution < -0.4 is 16.0 Å².